The number of H-pyrrole nitrogens is 1. The molecule has 0 aliphatic heterocycles. The van der Waals surface area contributed by atoms with Gasteiger partial charge in [0.15, 0.2) is 0 Å². The number of aromatic nitrogens is 1. The molecular formula is C10H6ClNO3. The number of hydrogen-bond donors (Lipinski definition) is 2. The van der Waals surface area contributed by atoms with Crippen LogP contribution in [0.4, 0.5) is 0 Å². The van der Waals surface area contributed by atoms with Gasteiger partial charge in [-0.15, -0.1) is 0 Å². The van der Waals surface area contributed by atoms with Gasteiger partial charge in [0.1, 0.15) is 5.69 Å². The molecule has 0 fully saturated rings. The number of carbonyl (C=O) groups is 1. The van der Waals surface area contributed by atoms with E-state index in [9.17, 15) is 9.59 Å². The molecule has 0 amide bonds. The van der Waals surface area contributed by atoms with Gasteiger partial charge in [-0.25, -0.2) is 4.79 Å². The van der Waals surface area contributed by atoms with E-state index < -0.39 is 11.5 Å². The van der Waals surface area contributed by atoms with Crippen LogP contribution in [0, 0.1) is 0 Å². The highest BCUT2D eigenvalue weighted by molar-refractivity contribution is 6.31. The number of carboxylic acids is 1. The fourth-order valence-corrected chi connectivity index (χ4v) is 1.52. The quantitative estimate of drug-likeness (QED) is 0.776. The Hall–Kier alpha value is -1.81. The summed E-state index contributed by atoms with van der Waals surface area (Å²) in [6.07, 6.45) is 0. The zero-order valence-electron chi connectivity index (χ0n) is 7.45. The maximum atomic E-state index is 11.5. The first kappa shape index (κ1) is 9.73. The van der Waals surface area contributed by atoms with Crippen molar-refractivity contribution >= 4 is 28.3 Å². The zero-order valence-corrected chi connectivity index (χ0v) is 8.21. The first-order chi connectivity index (χ1) is 7.08. The predicted molar refractivity (Wildman–Crippen MR) is 56.5 cm³/mol. The summed E-state index contributed by atoms with van der Waals surface area (Å²) in [6, 6.07) is 6.12. The van der Waals surface area contributed by atoms with E-state index in [1.807, 2.05) is 0 Å². The van der Waals surface area contributed by atoms with Gasteiger partial charge in [-0.1, -0.05) is 17.7 Å². The molecule has 0 spiro atoms. The summed E-state index contributed by atoms with van der Waals surface area (Å²) in [4.78, 5) is 24.4. The summed E-state index contributed by atoms with van der Waals surface area (Å²) in [5, 5.41) is 10.1. The van der Waals surface area contributed by atoms with Gasteiger partial charge in [-0.2, -0.15) is 0 Å². The van der Waals surface area contributed by atoms with Crippen LogP contribution in [0.15, 0.2) is 29.1 Å². The van der Waals surface area contributed by atoms with E-state index in [0.717, 1.165) is 0 Å². The molecule has 1 aromatic heterocycles. The smallest absolute Gasteiger partial charge is 0.352 e. The van der Waals surface area contributed by atoms with Crippen molar-refractivity contribution < 1.29 is 9.90 Å². The highest BCUT2D eigenvalue weighted by Gasteiger charge is 2.07. The summed E-state index contributed by atoms with van der Waals surface area (Å²) in [6.45, 7) is 0. The number of fused-ring (bicyclic) bond motifs is 1. The van der Waals surface area contributed by atoms with Crippen LogP contribution in [0.5, 0.6) is 0 Å². The topological polar surface area (TPSA) is 70.2 Å². The molecule has 0 aliphatic carbocycles. The van der Waals surface area contributed by atoms with Crippen LogP contribution in [0.2, 0.25) is 5.02 Å². The van der Waals surface area contributed by atoms with Crippen molar-refractivity contribution in [2.75, 3.05) is 0 Å². The minimum atomic E-state index is -1.16. The Morgan fingerprint density at radius 2 is 2.07 bits per heavy atom. The largest absolute Gasteiger partial charge is 0.477 e. The minimum Gasteiger partial charge on any atom is -0.477 e. The molecule has 0 saturated heterocycles. The number of aromatic carboxylic acids is 1. The molecule has 0 unspecified atom stereocenters. The van der Waals surface area contributed by atoms with Gasteiger partial charge in [0.2, 0.25) is 0 Å². The Kier molecular flexibility index (Phi) is 2.21. The molecule has 4 nitrogen and oxygen atoms in total. The first-order valence-electron chi connectivity index (χ1n) is 4.14. The lowest BCUT2D eigenvalue weighted by Gasteiger charge is -1.99. The minimum absolute atomic E-state index is 0.130. The molecule has 0 saturated carbocycles. The Morgan fingerprint density at radius 1 is 1.33 bits per heavy atom. The van der Waals surface area contributed by atoms with Crippen LogP contribution < -0.4 is 5.56 Å². The average molecular weight is 224 g/mol. The van der Waals surface area contributed by atoms with Crippen LogP contribution in [-0.2, 0) is 0 Å². The third-order valence-electron chi connectivity index (χ3n) is 2.04. The number of halogens is 1. The molecule has 76 valence electrons. The second-order valence-electron chi connectivity index (χ2n) is 3.05. The summed E-state index contributed by atoms with van der Waals surface area (Å²) in [7, 11) is 0. The molecule has 2 rings (SSSR count). The van der Waals surface area contributed by atoms with Crippen molar-refractivity contribution in [3.63, 3.8) is 0 Å². The monoisotopic (exact) mass is 223 g/mol. The summed E-state index contributed by atoms with van der Waals surface area (Å²) >= 11 is 5.72. The van der Waals surface area contributed by atoms with Crippen LogP contribution in [0.1, 0.15) is 10.5 Å². The van der Waals surface area contributed by atoms with Crippen molar-refractivity contribution in [2.45, 2.75) is 0 Å². The van der Waals surface area contributed by atoms with E-state index in [1.54, 1.807) is 12.1 Å². The van der Waals surface area contributed by atoms with Crippen molar-refractivity contribution in [3.8, 4) is 0 Å². The standard InChI is InChI=1S/C10H6ClNO3/c11-6-2-1-5-3-8(10(14)15)12-9(13)7(5)4-6/h1-4H,(H,12,13)(H,14,15). The van der Waals surface area contributed by atoms with Gasteiger partial charge in [0, 0.05) is 10.4 Å². The number of hydrogen-bond acceptors (Lipinski definition) is 2. The van der Waals surface area contributed by atoms with Gasteiger partial charge in [-0.05, 0) is 23.6 Å². The Balaban J connectivity index is 2.84. The van der Waals surface area contributed by atoms with E-state index in [2.05, 4.69) is 4.98 Å². The van der Waals surface area contributed by atoms with Crippen LogP contribution in [-0.4, -0.2) is 16.1 Å². The second kappa shape index (κ2) is 3.40. The normalized spacial score (nSPS) is 10.5. The SMILES string of the molecule is O=C(O)c1cc2ccc(Cl)cc2c(=O)[nH]1. The highest BCUT2D eigenvalue weighted by Crippen LogP contribution is 2.16. The molecule has 2 N–H and O–H groups in total. The van der Waals surface area contributed by atoms with Crippen molar-refractivity contribution in [1.82, 2.24) is 4.98 Å². The highest BCUT2D eigenvalue weighted by atomic mass is 35.5. The van der Waals surface area contributed by atoms with Crippen LogP contribution in [0.25, 0.3) is 10.8 Å². The lowest BCUT2D eigenvalue weighted by Crippen LogP contribution is -2.12. The van der Waals surface area contributed by atoms with Gasteiger partial charge in [-0.3, -0.25) is 4.79 Å². The van der Waals surface area contributed by atoms with Crippen LogP contribution >= 0.6 is 11.6 Å². The van der Waals surface area contributed by atoms with Gasteiger partial charge < -0.3 is 10.1 Å². The van der Waals surface area contributed by atoms with Gasteiger partial charge >= 0.3 is 5.97 Å². The number of rotatable bonds is 1. The lowest BCUT2D eigenvalue weighted by molar-refractivity contribution is 0.0690. The molecule has 0 atom stereocenters. The van der Waals surface area contributed by atoms with E-state index in [4.69, 9.17) is 16.7 Å². The van der Waals surface area contributed by atoms with Gasteiger partial charge in [0.05, 0.1) is 0 Å². The van der Waals surface area contributed by atoms with E-state index in [-0.39, 0.29) is 5.69 Å². The van der Waals surface area contributed by atoms with E-state index in [0.29, 0.717) is 15.8 Å². The molecule has 0 radical (unpaired) electrons. The predicted octanol–water partition coefficient (Wildman–Crippen LogP) is 1.88. The number of nitrogens with one attached hydrogen (secondary N) is 1. The molecule has 1 aromatic carbocycles. The summed E-state index contributed by atoms with van der Waals surface area (Å²) in [5.74, 6) is -1.16. The maximum Gasteiger partial charge on any atom is 0.352 e. The summed E-state index contributed by atoms with van der Waals surface area (Å²) < 4.78 is 0. The molecule has 0 bridgehead atoms. The first-order valence-corrected chi connectivity index (χ1v) is 4.51. The third-order valence-corrected chi connectivity index (χ3v) is 2.27. The van der Waals surface area contributed by atoms with E-state index >= 15 is 0 Å². The molecule has 5 heteroatoms. The fourth-order valence-electron chi connectivity index (χ4n) is 1.35. The Labute approximate surface area is 89.1 Å². The average Bonchev–Trinajstić information content (AvgIpc) is 2.18. The molecule has 1 heterocycles. The lowest BCUT2D eigenvalue weighted by atomic mass is 10.1. The van der Waals surface area contributed by atoms with Crippen molar-refractivity contribution in [1.29, 1.82) is 0 Å². The second-order valence-corrected chi connectivity index (χ2v) is 3.49. The van der Waals surface area contributed by atoms with Crippen molar-refractivity contribution in [3.05, 3.63) is 45.3 Å². The van der Waals surface area contributed by atoms with Gasteiger partial charge in [0.25, 0.3) is 5.56 Å². The zero-order chi connectivity index (χ0) is 11.0. The molecule has 15 heavy (non-hydrogen) atoms. The Morgan fingerprint density at radius 3 is 2.73 bits per heavy atom. The Bertz CT molecular complexity index is 603. The fraction of sp³-hybridized carbons (Fsp3) is 0. The van der Waals surface area contributed by atoms with Crippen LogP contribution in [0.3, 0.4) is 0 Å². The van der Waals surface area contributed by atoms with E-state index in [1.165, 1.54) is 12.1 Å². The number of pyridine rings is 1. The molecule has 2 aromatic rings. The summed E-state index contributed by atoms with van der Waals surface area (Å²) in [5.41, 5.74) is -0.581. The van der Waals surface area contributed by atoms with Crippen molar-refractivity contribution in [2.24, 2.45) is 0 Å². The molecular weight excluding hydrogens is 218 g/mol. The number of benzene rings is 1. The maximum absolute atomic E-state index is 11.5. The number of carboxylic acid groups (broad SMARTS) is 1. The number of aromatic amines is 1. The molecule has 0 aliphatic rings. The third kappa shape index (κ3) is 1.71.